The van der Waals surface area contributed by atoms with E-state index >= 15 is 0 Å². The van der Waals surface area contributed by atoms with Gasteiger partial charge in [0.2, 0.25) is 0 Å². The molecule has 26 heavy (non-hydrogen) atoms. The number of hydrogen-bond donors (Lipinski definition) is 1. The molecular formula is C20H34N4O2. The maximum absolute atomic E-state index is 5.97. The summed E-state index contributed by atoms with van der Waals surface area (Å²) in [5, 5.41) is 3.46. The van der Waals surface area contributed by atoms with Crippen LogP contribution >= 0.6 is 0 Å². The number of guanidine groups is 1. The quantitative estimate of drug-likeness (QED) is 0.569. The maximum atomic E-state index is 5.97. The van der Waals surface area contributed by atoms with Gasteiger partial charge in [-0.05, 0) is 50.7 Å². The summed E-state index contributed by atoms with van der Waals surface area (Å²) in [7, 11) is 3.51. The van der Waals surface area contributed by atoms with E-state index in [9.17, 15) is 0 Å². The molecule has 0 amide bonds. The molecule has 2 unspecified atom stereocenters. The zero-order valence-electron chi connectivity index (χ0n) is 16.9. The van der Waals surface area contributed by atoms with Gasteiger partial charge in [0.05, 0.1) is 13.7 Å². The molecule has 1 fully saturated rings. The Morgan fingerprint density at radius 1 is 1.27 bits per heavy atom. The number of aliphatic imine (C=N–C) groups is 1. The number of ether oxygens (including phenoxy) is 2. The second-order valence-corrected chi connectivity index (χ2v) is 6.64. The van der Waals surface area contributed by atoms with Gasteiger partial charge in [0.15, 0.2) is 5.96 Å². The standard InChI is InChI=1S/C20H34N4O2/c1-6-23(7-2)17-12-13-24(15-17)20(21-4)22-14-16(3)26-19-10-8-18(25-5)9-11-19/h8-11,16-17H,6-7,12-15H2,1-5H3,(H,21,22). The first-order valence-electron chi connectivity index (χ1n) is 9.61. The summed E-state index contributed by atoms with van der Waals surface area (Å²) in [5.74, 6) is 2.64. The third-order valence-corrected chi connectivity index (χ3v) is 4.95. The molecule has 0 aromatic heterocycles. The van der Waals surface area contributed by atoms with Crippen LogP contribution in [0.2, 0.25) is 0 Å². The summed E-state index contributed by atoms with van der Waals surface area (Å²) in [6, 6.07) is 8.30. The zero-order valence-corrected chi connectivity index (χ0v) is 16.9. The van der Waals surface area contributed by atoms with E-state index in [1.807, 2.05) is 31.3 Å². The molecule has 1 N–H and O–H groups in total. The molecule has 146 valence electrons. The first kappa shape index (κ1) is 20.4. The van der Waals surface area contributed by atoms with Crippen molar-refractivity contribution in [2.75, 3.05) is 46.9 Å². The van der Waals surface area contributed by atoms with Crippen LogP contribution in [0.3, 0.4) is 0 Å². The second-order valence-electron chi connectivity index (χ2n) is 6.64. The number of nitrogens with one attached hydrogen (secondary N) is 1. The Morgan fingerprint density at radius 3 is 2.50 bits per heavy atom. The van der Waals surface area contributed by atoms with Crippen molar-refractivity contribution < 1.29 is 9.47 Å². The van der Waals surface area contributed by atoms with Gasteiger partial charge in [-0.1, -0.05) is 13.8 Å². The Labute approximate surface area is 158 Å². The highest BCUT2D eigenvalue weighted by Gasteiger charge is 2.28. The van der Waals surface area contributed by atoms with Gasteiger partial charge < -0.3 is 19.7 Å². The Balaban J connectivity index is 1.81. The van der Waals surface area contributed by atoms with Crippen molar-refractivity contribution in [3.63, 3.8) is 0 Å². The van der Waals surface area contributed by atoms with Crippen LogP contribution in [0.1, 0.15) is 27.2 Å². The molecule has 6 nitrogen and oxygen atoms in total. The maximum Gasteiger partial charge on any atom is 0.193 e. The molecule has 1 aliphatic heterocycles. The van der Waals surface area contributed by atoms with Crippen molar-refractivity contribution >= 4 is 5.96 Å². The Hall–Kier alpha value is -1.95. The number of nitrogens with zero attached hydrogens (tertiary/aromatic N) is 3. The van der Waals surface area contributed by atoms with Gasteiger partial charge in [0, 0.05) is 26.2 Å². The largest absolute Gasteiger partial charge is 0.497 e. The van der Waals surface area contributed by atoms with Crippen LogP contribution in [0.25, 0.3) is 0 Å². The van der Waals surface area contributed by atoms with Crippen molar-refractivity contribution in [3.05, 3.63) is 24.3 Å². The van der Waals surface area contributed by atoms with Crippen molar-refractivity contribution in [1.29, 1.82) is 0 Å². The van der Waals surface area contributed by atoms with Crippen molar-refractivity contribution in [2.24, 2.45) is 4.99 Å². The van der Waals surface area contributed by atoms with Crippen LogP contribution in [0, 0.1) is 0 Å². The highest BCUT2D eigenvalue weighted by molar-refractivity contribution is 5.80. The fourth-order valence-corrected chi connectivity index (χ4v) is 3.47. The lowest BCUT2D eigenvalue weighted by molar-refractivity contribution is 0.217. The molecule has 0 saturated carbocycles. The summed E-state index contributed by atoms with van der Waals surface area (Å²) >= 11 is 0. The van der Waals surface area contributed by atoms with Gasteiger partial charge in [-0.25, -0.2) is 0 Å². The van der Waals surface area contributed by atoms with Gasteiger partial charge in [-0.15, -0.1) is 0 Å². The van der Waals surface area contributed by atoms with Gasteiger partial charge in [-0.3, -0.25) is 9.89 Å². The van der Waals surface area contributed by atoms with Crippen molar-refractivity contribution in [3.8, 4) is 11.5 Å². The number of likely N-dealkylation sites (tertiary alicyclic amines) is 1. The molecule has 1 aromatic carbocycles. The molecule has 0 aliphatic carbocycles. The first-order chi connectivity index (χ1) is 12.6. The van der Waals surface area contributed by atoms with E-state index in [2.05, 4.69) is 40.9 Å². The summed E-state index contributed by atoms with van der Waals surface area (Å²) < 4.78 is 11.1. The lowest BCUT2D eigenvalue weighted by Gasteiger charge is -2.27. The summed E-state index contributed by atoms with van der Waals surface area (Å²) in [6.07, 6.45) is 1.24. The average Bonchev–Trinajstić information content (AvgIpc) is 3.13. The van der Waals surface area contributed by atoms with E-state index in [1.165, 1.54) is 6.42 Å². The number of hydrogen-bond acceptors (Lipinski definition) is 4. The number of likely N-dealkylation sites (N-methyl/N-ethyl adjacent to an activating group) is 1. The van der Waals surface area contributed by atoms with Crippen LogP contribution in [0.4, 0.5) is 0 Å². The highest BCUT2D eigenvalue weighted by atomic mass is 16.5. The van der Waals surface area contributed by atoms with E-state index in [1.54, 1.807) is 7.11 Å². The lowest BCUT2D eigenvalue weighted by Crippen LogP contribution is -2.45. The normalized spacial score (nSPS) is 18.9. The van der Waals surface area contributed by atoms with Gasteiger partial charge in [0.1, 0.15) is 17.6 Å². The molecule has 0 radical (unpaired) electrons. The summed E-state index contributed by atoms with van der Waals surface area (Å²) in [6.45, 7) is 11.5. The van der Waals surface area contributed by atoms with Gasteiger partial charge >= 0.3 is 0 Å². The van der Waals surface area contributed by atoms with Crippen LogP contribution in [0.5, 0.6) is 11.5 Å². The topological polar surface area (TPSA) is 49.3 Å². The molecule has 2 rings (SSSR count). The van der Waals surface area contributed by atoms with Crippen molar-refractivity contribution in [1.82, 2.24) is 15.1 Å². The predicted octanol–water partition coefficient (Wildman–Crippen LogP) is 2.45. The fourth-order valence-electron chi connectivity index (χ4n) is 3.47. The number of benzene rings is 1. The third kappa shape index (κ3) is 5.53. The molecule has 0 spiro atoms. The summed E-state index contributed by atoms with van der Waals surface area (Å²) in [5.41, 5.74) is 0. The first-order valence-corrected chi connectivity index (χ1v) is 9.61. The van der Waals surface area contributed by atoms with E-state index in [-0.39, 0.29) is 6.10 Å². The fraction of sp³-hybridized carbons (Fsp3) is 0.650. The highest BCUT2D eigenvalue weighted by Crippen LogP contribution is 2.18. The third-order valence-electron chi connectivity index (χ3n) is 4.95. The van der Waals surface area contributed by atoms with E-state index in [0.717, 1.165) is 43.6 Å². The Kier molecular flexibility index (Phi) is 8.04. The van der Waals surface area contributed by atoms with Gasteiger partial charge in [0.25, 0.3) is 0 Å². The van der Waals surface area contributed by atoms with Crippen LogP contribution in [-0.4, -0.2) is 74.8 Å². The molecule has 1 aromatic rings. The van der Waals surface area contributed by atoms with Crippen molar-refractivity contribution in [2.45, 2.75) is 39.3 Å². The van der Waals surface area contributed by atoms with E-state index < -0.39 is 0 Å². The van der Waals surface area contributed by atoms with Crippen LogP contribution in [-0.2, 0) is 0 Å². The zero-order chi connectivity index (χ0) is 18.9. The lowest BCUT2D eigenvalue weighted by atomic mass is 10.2. The monoisotopic (exact) mass is 362 g/mol. The summed E-state index contributed by atoms with van der Waals surface area (Å²) in [4.78, 5) is 9.34. The smallest absolute Gasteiger partial charge is 0.193 e. The molecule has 0 bridgehead atoms. The number of rotatable bonds is 8. The molecule has 1 heterocycles. The minimum atomic E-state index is 0.0429. The van der Waals surface area contributed by atoms with Crippen LogP contribution < -0.4 is 14.8 Å². The Bertz CT molecular complexity index is 557. The Morgan fingerprint density at radius 2 is 1.92 bits per heavy atom. The predicted molar refractivity (Wildman–Crippen MR) is 107 cm³/mol. The SMILES string of the molecule is CCN(CC)C1CCN(C(=NC)NCC(C)Oc2ccc(OC)cc2)C1. The minimum absolute atomic E-state index is 0.0429. The van der Waals surface area contributed by atoms with Crippen LogP contribution in [0.15, 0.2) is 29.3 Å². The molecular weight excluding hydrogens is 328 g/mol. The van der Waals surface area contributed by atoms with E-state index in [4.69, 9.17) is 9.47 Å². The molecule has 6 heteroatoms. The number of methoxy groups -OCH3 is 1. The average molecular weight is 363 g/mol. The van der Waals surface area contributed by atoms with E-state index in [0.29, 0.717) is 12.6 Å². The minimum Gasteiger partial charge on any atom is -0.497 e. The molecule has 2 atom stereocenters. The second kappa shape index (κ2) is 10.3. The molecule has 1 saturated heterocycles. The van der Waals surface area contributed by atoms with Gasteiger partial charge in [-0.2, -0.15) is 0 Å². The molecule has 1 aliphatic rings.